The molecular weight excluding hydrogens is 265 g/mol. The highest BCUT2D eigenvalue weighted by atomic mass is 35.5. The number of benzene rings is 2. The molecule has 3 rings (SSSR count). The van der Waals surface area contributed by atoms with Crippen molar-refractivity contribution in [3.05, 3.63) is 58.9 Å². The number of imidazole rings is 1. The van der Waals surface area contributed by atoms with Crippen molar-refractivity contribution in [2.24, 2.45) is 0 Å². The molecule has 0 aliphatic rings. The fourth-order valence-corrected chi connectivity index (χ4v) is 2.32. The fourth-order valence-electron chi connectivity index (χ4n) is 2.10. The normalized spacial score (nSPS) is 11.1. The zero-order valence-corrected chi connectivity index (χ0v) is 10.7. The standard InChI is InChI=1S/C14H11ClFN3/c15-10-4-3-5-11(16)9(10)8-19-13-7-2-1-6-12(13)18-14(19)17/h1-7H,8H2,(H2,17,18). The molecule has 0 bridgehead atoms. The van der Waals surface area contributed by atoms with Gasteiger partial charge in [-0.1, -0.05) is 29.8 Å². The number of nitrogens with two attached hydrogens (primary N) is 1. The molecule has 2 N–H and O–H groups in total. The van der Waals surface area contributed by atoms with E-state index >= 15 is 0 Å². The molecule has 0 spiro atoms. The number of aromatic nitrogens is 2. The lowest BCUT2D eigenvalue weighted by molar-refractivity contribution is 0.602. The largest absolute Gasteiger partial charge is 0.369 e. The molecule has 0 fully saturated rings. The molecular formula is C14H11ClFN3. The van der Waals surface area contributed by atoms with Crippen LogP contribution in [0.3, 0.4) is 0 Å². The lowest BCUT2D eigenvalue weighted by Gasteiger charge is -2.09. The number of halogens is 2. The van der Waals surface area contributed by atoms with Gasteiger partial charge in [0.05, 0.1) is 17.6 Å². The minimum Gasteiger partial charge on any atom is -0.369 e. The van der Waals surface area contributed by atoms with E-state index < -0.39 is 0 Å². The third kappa shape index (κ3) is 2.04. The molecule has 5 heteroatoms. The van der Waals surface area contributed by atoms with Crippen molar-refractivity contribution in [2.75, 3.05) is 5.73 Å². The second-order valence-electron chi connectivity index (χ2n) is 4.25. The predicted octanol–water partition coefficient (Wildman–Crippen LogP) is 3.46. The van der Waals surface area contributed by atoms with Crippen molar-refractivity contribution < 1.29 is 4.39 Å². The molecule has 1 heterocycles. The van der Waals surface area contributed by atoms with Crippen LogP contribution in [-0.2, 0) is 6.54 Å². The first kappa shape index (κ1) is 12.0. The van der Waals surface area contributed by atoms with Crippen LogP contribution >= 0.6 is 11.6 Å². The molecule has 0 amide bonds. The molecule has 19 heavy (non-hydrogen) atoms. The minimum absolute atomic E-state index is 0.262. The van der Waals surface area contributed by atoms with Gasteiger partial charge in [0, 0.05) is 10.6 Å². The van der Waals surface area contributed by atoms with Crippen LogP contribution in [0.2, 0.25) is 5.02 Å². The minimum atomic E-state index is -0.343. The van der Waals surface area contributed by atoms with Crippen LogP contribution in [0.4, 0.5) is 10.3 Å². The highest BCUT2D eigenvalue weighted by Crippen LogP contribution is 2.24. The van der Waals surface area contributed by atoms with Gasteiger partial charge in [-0.3, -0.25) is 0 Å². The third-order valence-corrected chi connectivity index (χ3v) is 3.42. The van der Waals surface area contributed by atoms with Crippen molar-refractivity contribution >= 4 is 28.6 Å². The summed E-state index contributed by atoms with van der Waals surface area (Å²) in [6.45, 7) is 0.262. The Morgan fingerprint density at radius 1 is 1.16 bits per heavy atom. The average Bonchev–Trinajstić information content (AvgIpc) is 2.70. The second kappa shape index (κ2) is 4.55. The number of fused-ring (bicyclic) bond motifs is 1. The summed E-state index contributed by atoms with van der Waals surface area (Å²) in [6.07, 6.45) is 0. The van der Waals surface area contributed by atoms with Crippen molar-refractivity contribution in [3.63, 3.8) is 0 Å². The van der Waals surface area contributed by atoms with E-state index in [9.17, 15) is 4.39 Å². The van der Waals surface area contributed by atoms with Gasteiger partial charge in [-0.2, -0.15) is 0 Å². The fraction of sp³-hybridized carbons (Fsp3) is 0.0714. The Labute approximate surface area is 114 Å². The van der Waals surface area contributed by atoms with Gasteiger partial charge in [0.15, 0.2) is 0 Å². The first-order valence-corrected chi connectivity index (χ1v) is 6.18. The molecule has 96 valence electrons. The van der Waals surface area contributed by atoms with Gasteiger partial charge in [0.25, 0.3) is 0 Å². The Hall–Kier alpha value is -2.07. The van der Waals surface area contributed by atoms with Crippen molar-refractivity contribution in [1.29, 1.82) is 0 Å². The summed E-state index contributed by atoms with van der Waals surface area (Å²) in [5.74, 6) is 0.00482. The molecule has 0 aliphatic heterocycles. The molecule has 0 saturated heterocycles. The smallest absolute Gasteiger partial charge is 0.201 e. The Bertz CT molecular complexity index is 731. The maximum absolute atomic E-state index is 13.8. The number of anilines is 1. The number of nitrogen functional groups attached to an aromatic ring is 1. The summed E-state index contributed by atoms with van der Waals surface area (Å²) < 4.78 is 15.6. The summed E-state index contributed by atoms with van der Waals surface area (Å²) in [5, 5.41) is 0.386. The quantitative estimate of drug-likeness (QED) is 0.778. The number of rotatable bonds is 2. The van der Waals surface area contributed by atoms with Gasteiger partial charge in [0.2, 0.25) is 5.95 Å². The van der Waals surface area contributed by atoms with Gasteiger partial charge in [-0.05, 0) is 24.3 Å². The molecule has 3 nitrogen and oxygen atoms in total. The zero-order chi connectivity index (χ0) is 13.4. The number of hydrogen-bond donors (Lipinski definition) is 1. The average molecular weight is 276 g/mol. The molecule has 3 aromatic rings. The maximum atomic E-state index is 13.8. The van der Waals surface area contributed by atoms with E-state index in [1.165, 1.54) is 6.07 Å². The topological polar surface area (TPSA) is 43.8 Å². The first-order chi connectivity index (χ1) is 9.16. The van der Waals surface area contributed by atoms with Gasteiger partial charge in [-0.15, -0.1) is 0 Å². The lowest BCUT2D eigenvalue weighted by Crippen LogP contribution is -2.06. The molecule has 0 unspecified atom stereocenters. The first-order valence-electron chi connectivity index (χ1n) is 5.80. The van der Waals surface area contributed by atoms with Gasteiger partial charge < -0.3 is 10.3 Å². The zero-order valence-electron chi connectivity index (χ0n) is 9.98. The summed E-state index contributed by atoms with van der Waals surface area (Å²) >= 11 is 6.04. The summed E-state index contributed by atoms with van der Waals surface area (Å²) in [5.41, 5.74) is 7.95. The monoisotopic (exact) mass is 275 g/mol. The molecule has 1 aromatic heterocycles. The van der Waals surface area contributed by atoms with E-state index in [1.807, 2.05) is 24.3 Å². The number of para-hydroxylation sites is 2. The Kier molecular flexibility index (Phi) is 2.87. The van der Waals surface area contributed by atoms with Crippen molar-refractivity contribution in [1.82, 2.24) is 9.55 Å². The maximum Gasteiger partial charge on any atom is 0.201 e. The van der Waals surface area contributed by atoms with Gasteiger partial charge in [-0.25, -0.2) is 9.37 Å². The van der Waals surface area contributed by atoms with Gasteiger partial charge >= 0.3 is 0 Å². The molecule has 0 saturated carbocycles. The highest BCUT2D eigenvalue weighted by Gasteiger charge is 2.12. The van der Waals surface area contributed by atoms with E-state index in [-0.39, 0.29) is 12.4 Å². The van der Waals surface area contributed by atoms with Crippen LogP contribution in [0.5, 0.6) is 0 Å². The Morgan fingerprint density at radius 3 is 2.74 bits per heavy atom. The Morgan fingerprint density at radius 2 is 1.95 bits per heavy atom. The van der Waals surface area contributed by atoms with E-state index in [4.69, 9.17) is 17.3 Å². The van der Waals surface area contributed by atoms with Crippen LogP contribution in [0.15, 0.2) is 42.5 Å². The third-order valence-electron chi connectivity index (χ3n) is 3.06. The molecule has 0 aliphatic carbocycles. The SMILES string of the molecule is Nc1nc2ccccc2n1Cc1c(F)cccc1Cl. The van der Waals surface area contributed by atoms with Crippen molar-refractivity contribution in [2.45, 2.75) is 6.54 Å². The summed E-state index contributed by atoms with van der Waals surface area (Å²) in [4.78, 5) is 4.24. The van der Waals surface area contributed by atoms with E-state index in [0.717, 1.165) is 11.0 Å². The van der Waals surface area contributed by atoms with E-state index in [0.29, 0.717) is 16.5 Å². The molecule has 0 radical (unpaired) electrons. The number of nitrogens with zero attached hydrogens (tertiary/aromatic N) is 2. The van der Waals surface area contributed by atoms with Gasteiger partial charge in [0.1, 0.15) is 5.82 Å². The Balaban J connectivity index is 2.13. The van der Waals surface area contributed by atoms with Crippen LogP contribution in [0.1, 0.15) is 5.56 Å². The number of hydrogen-bond acceptors (Lipinski definition) is 2. The lowest BCUT2D eigenvalue weighted by atomic mass is 10.2. The highest BCUT2D eigenvalue weighted by molar-refractivity contribution is 6.31. The molecule has 2 aromatic carbocycles. The van der Waals surface area contributed by atoms with Crippen LogP contribution in [-0.4, -0.2) is 9.55 Å². The van der Waals surface area contributed by atoms with E-state index in [2.05, 4.69) is 4.98 Å². The van der Waals surface area contributed by atoms with Crippen LogP contribution in [0, 0.1) is 5.82 Å². The van der Waals surface area contributed by atoms with Crippen LogP contribution < -0.4 is 5.73 Å². The van der Waals surface area contributed by atoms with Crippen molar-refractivity contribution in [3.8, 4) is 0 Å². The van der Waals surface area contributed by atoms with E-state index in [1.54, 1.807) is 16.7 Å². The molecule has 0 atom stereocenters. The summed E-state index contributed by atoms with van der Waals surface area (Å²) in [6, 6.07) is 12.2. The predicted molar refractivity (Wildman–Crippen MR) is 74.7 cm³/mol. The second-order valence-corrected chi connectivity index (χ2v) is 4.65. The van der Waals surface area contributed by atoms with Crippen LogP contribution in [0.25, 0.3) is 11.0 Å². The summed E-state index contributed by atoms with van der Waals surface area (Å²) in [7, 11) is 0.